The average molecular weight is 499 g/mol. The molecule has 4 aromatic rings. The first-order chi connectivity index (χ1) is 17.5. The number of nitrogens with one attached hydrogen (secondary N) is 1. The number of carbonyl (C=O) groups excluding carboxylic acids is 2. The van der Waals surface area contributed by atoms with Crippen LogP contribution in [-0.2, 0) is 19.9 Å². The van der Waals surface area contributed by atoms with Crippen molar-refractivity contribution in [3.63, 3.8) is 0 Å². The van der Waals surface area contributed by atoms with E-state index in [2.05, 4.69) is 16.6 Å². The van der Waals surface area contributed by atoms with Gasteiger partial charge in [-0.1, -0.05) is 51.1 Å². The zero-order valence-electron chi connectivity index (χ0n) is 21.6. The van der Waals surface area contributed by atoms with Crippen molar-refractivity contribution in [3.8, 4) is 6.07 Å². The third-order valence-electron chi connectivity index (χ3n) is 5.91. The maximum absolute atomic E-state index is 13.8. The van der Waals surface area contributed by atoms with Crippen LogP contribution < -0.4 is 5.48 Å². The summed E-state index contributed by atoms with van der Waals surface area (Å²) in [7, 11) is 0. The Balaban J connectivity index is 1.85. The van der Waals surface area contributed by atoms with E-state index in [1.807, 2.05) is 45.0 Å². The van der Waals surface area contributed by atoms with Crippen molar-refractivity contribution >= 4 is 28.4 Å². The number of hydroxylamine groups is 1. The molecular weight excluding hydrogens is 468 g/mol. The smallest absolute Gasteiger partial charge is 0.356 e. The van der Waals surface area contributed by atoms with Crippen LogP contribution in [0.3, 0.4) is 0 Å². The summed E-state index contributed by atoms with van der Waals surface area (Å²) >= 11 is 0. The second-order valence-corrected chi connectivity index (χ2v) is 10.5. The van der Waals surface area contributed by atoms with Gasteiger partial charge in [-0.05, 0) is 61.6 Å². The largest absolute Gasteiger partial charge is 0.461 e. The summed E-state index contributed by atoms with van der Waals surface area (Å²) in [4.78, 5) is 32.2. The number of hydrogen-bond acceptors (Lipinski definition) is 7. The van der Waals surface area contributed by atoms with Crippen LogP contribution in [0.2, 0.25) is 0 Å². The summed E-state index contributed by atoms with van der Waals surface area (Å²) in [6.07, 6.45) is 1.42. The molecule has 4 rings (SSSR count). The minimum Gasteiger partial charge on any atom is -0.461 e. The van der Waals surface area contributed by atoms with Crippen LogP contribution in [-0.4, -0.2) is 27.7 Å². The van der Waals surface area contributed by atoms with Crippen molar-refractivity contribution < 1.29 is 19.2 Å². The Morgan fingerprint density at radius 2 is 1.76 bits per heavy atom. The minimum absolute atomic E-state index is 0.279. The van der Waals surface area contributed by atoms with E-state index in [1.165, 1.54) is 6.20 Å². The SMILES string of the molecule is CC(C)OC(=O)[C@](CC(C)(C)C)(NOC(=O)c1ccccc1)c1ccc2c(ccc3c(C#N)cnn32)c1. The van der Waals surface area contributed by atoms with E-state index >= 15 is 0 Å². The fourth-order valence-corrected chi connectivity index (χ4v) is 4.42. The van der Waals surface area contributed by atoms with Gasteiger partial charge in [0.05, 0.1) is 34.5 Å². The molecule has 0 aliphatic rings. The highest BCUT2D eigenvalue weighted by atomic mass is 16.7. The standard InChI is InChI=1S/C29H30N4O4/c1-19(2)36-27(35)29(18-28(3,4)5,32-37-26(34)20-9-7-6-8-10-20)23-12-14-24-21(15-23)11-13-25-22(16-30)17-31-33(24)25/h6-15,17,19,32H,18H2,1-5H3/t29-/m1/s1. The number of nitriles is 1. The van der Waals surface area contributed by atoms with Crippen molar-refractivity contribution in [1.82, 2.24) is 15.1 Å². The maximum Gasteiger partial charge on any atom is 0.356 e. The highest BCUT2D eigenvalue weighted by Gasteiger charge is 2.47. The van der Waals surface area contributed by atoms with Crippen LogP contribution in [0, 0.1) is 16.7 Å². The van der Waals surface area contributed by atoms with E-state index in [0.717, 1.165) is 10.9 Å². The van der Waals surface area contributed by atoms with Gasteiger partial charge in [-0.25, -0.2) is 14.1 Å². The summed E-state index contributed by atoms with van der Waals surface area (Å²) in [5, 5.41) is 14.5. The number of hydrogen-bond donors (Lipinski definition) is 1. The highest BCUT2D eigenvalue weighted by Crippen LogP contribution is 2.38. The van der Waals surface area contributed by atoms with Gasteiger partial charge in [-0.3, -0.25) is 0 Å². The molecule has 2 aromatic carbocycles. The molecule has 0 aliphatic heterocycles. The van der Waals surface area contributed by atoms with Crippen LogP contribution in [0.15, 0.2) is 66.9 Å². The average Bonchev–Trinajstić information content (AvgIpc) is 3.29. The lowest BCUT2D eigenvalue weighted by molar-refractivity contribution is -0.164. The number of pyridine rings is 1. The minimum atomic E-state index is -1.49. The van der Waals surface area contributed by atoms with E-state index in [1.54, 1.807) is 54.8 Å². The Morgan fingerprint density at radius 3 is 2.41 bits per heavy atom. The molecule has 0 aliphatic carbocycles. The molecule has 0 radical (unpaired) electrons. The molecule has 0 saturated carbocycles. The van der Waals surface area contributed by atoms with Gasteiger partial charge in [0, 0.05) is 5.39 Å². The van der Waals surface area contributed by atoms with Crippen molar-refractivity contribution in [1.29, 1.82) is 5.26 Å². The first kappa shape index (κ1) is 25.9. The van der Waals surface area contributed by atoms with E-state index in [4.69, 9.17) is 9.57 Å². The topological polar surface area (TPSA) is 106 Å². The Morgan fingerprint density at radius 1 is 1.05 bits per heavy atom. The molecule has 0 saturated heterocycles. The lowest BCUT2D eigenvalue weighted by atomic mass is 9.76. The van der Waals surface area contributed by atoms with Crippen molar-refractivity contribution in [3.05, 3.63) is 83.6 Å². The molecule has 0 amide bonds. The summed E-state index contributed by atoms with van der Waals surface area (Å²) < 4.78 is 7.40. The zero-order valence-corrected chi connectivity index (χ0v) is 21.6. The van der Waals surface area contributed by atoms with Crippen molar-refractivity contribution in [2.75, 3.05) is 0 Å². The second kappa shape index (κ2) is 10.0. The van der Waals surface area contributed by atoms with E-state index < -0.39 is 17.5 Å². The lowest BCUT2D eigenvalue weighted by Gasteiger charge is -2.37. The van der Waals surface area contributed by atoms with Crippen LogP contribution in [0.25, 0.3) is 16.4 Å². The van der Waals surface area contributed by atoms with Gasteiger partial charge in [0.1, 0.15) is 6.07 Å². The van der Waals surface area contributed by atoms with Crippen LogP contribution in [0.1, 0.15) is 62.5 Å². The number of esters is 1. The van der Waals surface area contributed by atoms with Gasteiger partial charge in [0.25, 0.3) is 0 Å². The normalized spacial score (nSPS) is 13.3. The molecule has 8 nitrogen and oxygen atoms in total. The van der Waals surface area contributed by atoms with Crippen LogP contribution in [0.5, 0.6) is 0 Å². The highest BCUT2D eigenvalue weighted by molar-refractivity contribution is 5.91. The van der Waals surface area contributed by atoms with E-state index in [9.17, 15) is 14.9 Å². The molecule has 0 bridgehead atoms. The monoisotopic (exact) mass is 498 g/mol. The van der Waals surface area contributed by atoms with Crippen molar-refractivity contribution in [2.45, 2.75) is 52.7 Å². The number of rotatable bonds is 7. The molecule has 1 atom stereocenters. The number of ether oxygens (including phenoxy) is 1. The predicted octanol–water partition coefficient (Wildman–Crippen LogP) is 5.30. The van der Waals surface area contributed by atoms with E-state index in [0.29, 0.717) is 22.2 Å². The molecular formula is C29H30N4O4. The molecule has 190 valence electrons. The van der Waals surface area contributed by atoms with E-state index in [-0.39, 0.29) is 17.9 Å². The lowest BCUT2D eigenvalue weighted by Crippen LogP contribution is -2.53. The summed E-state index contributed by atoms with van der Waals surface area (Å²) in [5.74, 6) is -1.16. The molecule has 0 fully saturated rings. The molecule has 0 unspecified atom stereocenters. The number of benzene rings is 2. The predicted molar refractivity (Wildman–Crippen MR) is 139 cm³/mol. The fraction of sp³-hybridized carbons (Fsp3) is 0.310. The fourth-order valence-electron chi connectivity index (χ4n) is 4.42. The molecule has 1 N–H and O–H groups in total. The molecule has 8 heteroatoms. The summed E-state index contributed by atoms with van der Waals surface area (Å²) in [5.41, 5.74) is 3.86. The number of carbonyl (C=O) groups is 2. The number of aromatic nitrogens is 2. The van der Waals surface area contributed by atoms with Crippen molar-refractivity contribution in [2.24, 2.45) is 5.41 Å². The Hall–Kier alpha value is -4.22. The van der Waals surface area contributed by atoms with Gasteiger partial charge >= 0.3 is 11.9 Å². The Labute approximate surface area is 215 Å². The van der Waals surface area contributed by atoms with Crippen LogP contribution in [0.4, 0.5) is 0 Å². The van der Waals surface area contributed by atoms with Gasteiger partial charge < -0.3 is 9.57 Å². The molecule has 0 spiro atoms. The third kappa shape index (κ3) is 5.32. The maximum atomic E-state index is 13.8. The van der Waals surface area contributed by atoms with Gasteiger partial charge in [0.2, 0.25) is 0 Å². The van der Waals surface area contributed by atoms with Gasteiger partial charge in [0.15, 0.2) is 5.54 Å². The van der Waals surface area contributed by atoms with Crippen LogP contribution >= 0.6 is 0 Å². The Kier molecular flexibility index (Phi) is 7.01. The van der Waals surface area contributed by atoms with Gasteiger partial charge in [-0.15, -0.1) is 5.48 Å². The number of nitrogens with zero attached hydrogens (tertiary/aromatic N) is 3. The third-order valence-corrected chi connectivity index (χ3v) is 5.91. The number of fused-ring (bicyclic) bond motifs is 3. The first-order valence-corrected chi connectivity index (χ1v) is 12.1. The molecule has 2 aromatic heterocycles. The summed E-state index contributed by atoms with van der Waals surface area (Å²) in [6, 6.07) is 19.9. The first-order valence-electron chi connectivity index (χ1n) is 12.1. The second-order valence-electron chi connectivity index (χ2n) is 10.5. The summed E-state index contributed by atoms with van der Waals surface area (Å²) in [6.45, 7) is 9.56. The molecule has 37 heavy (non-hydrogen) atoms. The molecule has 2 heterocycles. The Bertz CT molecular complexity index is 1500. The zero-order chi connectivity index (χ0) is 26.8. The quantitative estimate of drug-likeness (QED) is 0.272. The van der Waals surface area contributed by atoms with Gasteiger partial charge in [-0.2, -0.15) is 10.4 Å².